The Bertz CT molecular complexity index is 881. The van der Waals surface area contributed by atoms with Gasteiger partial charge in [-0.15, -0.1) is 23.1 Å². The summed E-state index contributed by atoms with van der Waals surface area (Å²) in [5.41, 5.74) is 6.03. The predicted molar refractivity (Wildman–Crippen MR) is 103 cm³/mol. The highest BCUT2D eigenvalue weighted by Crippen LogP contribution is 2.24. The van der Waals surface area contributed by atoms with Crippen molar-refractivity contribution in [1.82, 2.24) is 15.8 Å². The van der Waals surface area contributed by atoms with E-state index >= 15 is 0 Å². The zero-order valence-corrected chi connectivity index (χ0v) is 15.4. The molecule has 0 aliphatic heterocycles. The summed E-state index contributed by atoms with van der Waals surface area (Å²) in [5.74, 6) is 0.130. The molecular weight excluding hydrogens is 378 g/mol. The van der Waals surface area contributed by atoms with Crippen molar-refractivity contribution >= 4 is 56.7 Å². The number of carbonyl (C=O) groups excluding carboxylic acids is 2. The maximum absolute atomic E-state index is 11.9. The summed E-state index contributed by atoms with van der Waals surface area (Å²) in [7, 11) is 0. The van der Waals surface area contributed by atoms with E-state index in [1.807, 2.05) is 24.3 Å². The third-order valence-electron chi connectivity index (χ3n) is 3.23. The van der Waals surface area contributed by atoms with Gasteiger partial charge in [-0.3, -0.25) is 20.4 Å². The van der Waals surface area contributed by atoms with Crippen LogP contribution in [0.3, 0.4) is 0 Å². The number of hydrazine groups is 1. The number of hydrogen-bond donors (Lipinski definition) is 2. The minimum atomic E-state index is -0.449. The van der Waals surface area contributed by atoms with Gasteiger partial charge in [-0.1, -0.05) is 35.9 Å². The van der Waals surface area contributed by atoms with E-state index in [0.29, 0.717) is 16.3 Å². The lowest BCUT2D eigenvalue weighted by Crippen LogP contribution is -2.42. The number of nitrogens with zero attached hydrogens (tertiary/aromatic N) is 1. The zero-order chi connectivity index (χ0) is 17.6. The monoisotopic (exact) mass is 391 g/mol. The first-order valence-electron chi connectivity index (χ1n) is 7.39. The Morgan fingerprint density at radius 2 is 1.84 bits per heavy atom. The first-order chi connectivity index (χ1) is 12.1. The maximum Gasteiger partial charge on any atom is 0.271 e. The SMILES string of the molecule is O=C(CSCc1nc2ccccc2s1)NNC(=O)c1ccccc1Cl. The van der Waals surface area contributed by atoms with Gasteiger partial charge in [-0.05, 0) is 24.3 Å². The largest absolute Gasteiger partial charge is 0.272 e. The van der Waals surface area contributed by atoms with Crippen LogP contribution in [0.15, 0.2) is 48.5 Å². The van der Waals surface area contributed by atoms with E-state index in [4.69, 9.17) is 11.6 Å². The molecule has 0 aliphatic rings. The molecule has 0 aliphatic carbocycles. The molecule has 2 amide bonds. The summed E-state index contributed by atoms with van der Waals surface area (Å²) in [6.07, 6.45) is 0. The van der Waals surface area contributed by atoms with Crippen molar-refractivity contribution in [2.45, 2.75) is 5.75 Å². The number of fused-ring (bicyclic) bond motifs is 1. The second-order valence-electron chi connectivity index (χ2n) is 5.05. The Hall–Kier alpha value is -2.09. The number of benzene rings is 2. The van der Waals surface area contributed by atoms with Gasteiger partial charge in [0.1, 0.15) is 5.01 Å². The highest BCUT2D eigenvalue weighted by atomic mass is 35.5. The number of para-hydroxylation sites is 1. The molecule has 2 N–H and O–H groups in total. The minimum Gasteiger partial charge on any atom is -0.272 e. The standard InChI is InChI=1S/C17H14ClN3O2S2/c18-12-6-2-1-5-11(12)17(23)21-20-15(22)9-24-10-16-19-13-7-3-4-8-14(13)25-16/h1-8H,9-10H2,(H,20,22)(H,21,23). The molecule has 8 heteroatoms. The van der Waals surface area contributed by atoms with E-state index in [1.165, 1.54) is 11.8 Å². The summed E-state index contributed by atoms with van der Waals surface area (Å²) in [4.78, 5) is 28.3. The van der Waals surface area contributed by atoms with E-state index in [-0.39, 0.29) is 11.7 Å². The van der Waals surface area contributed by atoms with Crippen molar-refractivity contribution in [2.24, 2.45) is 0 Å². The number of amides is 2. The lowest BCUT2D eigenvalue weighted by molar-refractivity contribution is -0.119. The zero-order valence-electron chi connectivity index (χ0n) is 13.0. The van der Waals surface area contributed by atoms with Crippen LogP contribution in [0.4, 0.5) is 0 Å². The van der Waals surface area contributed by atoms with Crippen LogP contribution in [-0.2, 0) is 10.5 Å². The van der Waals surface area contributed by atoms with Crippen molar-refractivity contribution < 1.29 is 9.59 Å². The fourth-order valence-corrected chi connectivity index (χ4v) is 4.16. The summed E-state index contributed by atoms with van der Waals surface area (Å²) >= 11 is 8.99. The van der Waals surface area contributed by atoms with Gasteiger partial charge in [0.25, 0.3) is 5.91 Å². The van der Waals surface area contributed by atoms with Gasteiger partial charge in [0.15, 0.2) is 0 Å². The van der Waals surface area contributed by atoms with E-state index < -0.39 is 5.91 Å². The fourth-order valence-electron chi connectivity index (χ4n) is 2.09. The number of halogens is 1. The molecule has 3 rings (SSSR count). The van der Waals surface area contributed by atoms with Crippen molar-refractivity contribution in [3.63, 3.8) is 0 Å². The topological polar surface area (TPSA) is 71.1 Å². The normalized spacial score (nSPS) is 10.6. The van der Waals surface area contributed by atoms with Crippen molar-refractivity contribution in [3.8, 4) is 0 Å². The maximum atomic E-state index is 11.9. The van der Waals surface area contributed by atoms with Crippen molar-refractivity contribution in [1.29, 1.82) is 0 Å². The number of rotatable bonds is 5. The van der Waals surface area contributed by atoms with E-state index in [2.05, 4.69) is 15.8 Å². The third-order valence-corrected chi connectivity index (χ3v) is 5.72. The van der Waals surface area contributed by atoms with Gasteiger partial charge in [-0.2, -0.15) is 0 Å². The Balaban J connectivity index is 1.43. The molecule has 0 saturated carbocycles. The van der Waals surface area contributed by atoms with E-state index in [1.54, 1.807) is 35.6 Å². The molecule has 0 saturated heterocycles. The van der Waals surface area contributed by atoms with Crippen LogP contribution in [0.2, 0.25) is 5.02 Å². The Morgan fingerprint density at radius 1 is 1.08 bits per heavy atom. The van der Waals surface area contributed by atoms with Crippen molar-refractivity contribution in [3.05, 3.63) is 64.1 Å². The Labute approximate surface area is 157 Å². The van der Waals surface area contributed by atoms with E-state index in [0.717, 1.165) is 15.2 Å². The van der Waals surface area contributed by atoms with Gasteiger partial charge in [-0.25, -0.2) is 4.98 Å². The fraction of sp³-hybridized carbons (Fsp3) is 0.118. The summed E-state index contributed by atoms with van der Waals surface area (Å²) < 4.78 is 1.13. The van der Waals surface area contributed by atoms with Crippen molar-refractivity contribution in [2.75, 3.05) is 5.75 Å². The van der Waals surface area contributed by atoms with Gasteiger partial charge in [0.2, 0.25) is 5.91 Å². The molecule has 1 aromatic heterocycles. The molecule has 2 aromatic carbocycles. The van der Waals surface area contributed by atoms with Crippen LogP contribution in [0.25, 0.3) is 10.2 Å². The minimum absolute atomic E-state index is 0.221. The van der Waals surface area contributed by atoms with Crippen LogP contribution >= 0.6 is 34.7 Å². The molecule has 5 nitrogen and oxygen atoms in total. The molecule has 25 heavy (non-hydrogen) atoms. The molecule has 0 radical (unpaired) electrons. The first-order valence-corrected chi connectivity index (χ1v) is 9.74. The second kappa shape index (κ2) is 8.33. The average Bonchev–Trinajstić information content (AvgIpc) is 3.03. The first kappa shape index (κ1) is 17.7. The van der Waals surface area contributed by atoms with Gasteiger partial charge >= 0.3 is 0 Å². The van der Waals surface area contributed by atoms with Gasteiger partial charge < -0.3 is 0 Å². The number of aromatic nitrogens is 1. The highest BCUT2D eigenvalue weighted by Gasteiger charge is 2.11. The van der Waals surface area contributed by atoms with Gasteiger partial charge in [0, 0.05) is 5.75 Å². The summed E-state index contributed by atoms with van der Waals surface area (Å²) in [6.45, 7) is 0. The van der Waals surface area contributed by atoms with E-state index in [9.17, 15) is 9.59 Å². The molecular formula is C17H14ClN3O2S2. The summed E-state index contributed by atoms with van der Waals surface area (Å²) in [5, 5.41) is 1.30. The van der Waals surface area contributed by atoms with Gasteiger partial charge in [0.05, 0.1) is 26.6 Å². The third kappa shape index (κ3) is 4.72. The molecule has 0 bridgehead atoms. The second-order valence-corrected chi connectivity index (χ2v) is 7.56. The average molecular weight is 392 g/mol. The number of carbonyl (C=O) groups is 2. The lowest BCUT2D eigenvalue weighted by Gasteiger charge is -2.08. The summed E-state index contributed by atoms with van der Waals surface area (Å²) in [6, 6.07) is 14.6. The Morgan fingerprint density at radius 3 is 2.64 bits per heavy atom. The van der Waals surface area contributed by atoms with Crippen LogP contribution in [0.5, 0.6) is 0 Å². The molecule has 128 valence electrons. The molecule has 0 spiro atoms. The molecule has 3 aromatic rings. The highest BCUT2D eigenvalue weighted by molar-refractivity contribution is 7.99. The van der Waals surface area contributed by atoms with Crippen LogP contribution in [-0.4, -0.2) is 22.6 Å². The number of thioether (sulfide) groups is 1. The quantitative estimate of drug-likeness (QED) is 0.651. The smallest absolute Gasteiger partial charge is 0.271 e. The number of thiazole rings is 1. The number of nitrogens with one attached hydrogen (secondary N) is 2. The molecule has 0 atom stereocenters. The van der Waals surface area contributed by atoms with Crippen LogP contribution < -0.4 is 10.9 Å². The predicted octanol–water partition coefficient (Wildman–Crippen LogP) is 3.64. The van der Waals surface area contributed by atoms with Crippen LogP contribution in [0, 0.1) is 0 Å². The molecule has 0 unspecified atom stereocenters. The Kier molecular flexibility index (Phi) is 5.91. The lowest BCUT2D eigenvalue weighted by atomic mass is 10.2. The molecule has 0 fully saturated rings. The number of hydrogen-bond acceptors (Lipinski definition) is 5. The molecule has 1 heterocycles. The van der Waals surface area contributed by atoms with Crippen LogP contribution in [0.1, 0.15) is 15.4 Å².